The van der Waals surface area contributed by atoms with Crippen LogP contribution in [0.2, 0.25) is 0 Å². The van der Waals surface area contributed by atoms with E-state index in [9.17, 15) is 0 Å². The van der Waals surface area contributed by atoms with E-state index in [0.717, 1.165) is 84.1 Å². The van der Waals surface area contributed by atoms with Crippen LogP contribution in [0.5, 0.6) is 0 Å². The van der Waals surface area contributed by atoms with E-state index in [0.29, 0.717) is 0 Å². The Bertz CT molecular complexity index is 3770. The van der Waals surface area contributed by atoms with Gasteiger partial charge in [-0.1, -0.05) is 279 Å². The lowest BCUT2D eigenvalue weighted by Crippen LogP contribution is -2.29. The molecule has 0 atom stereocenters. The van der Waals surface area contributed by atoms with Gasteiger partial charge in [-0.15, -0.1) is 0 Å². The molecule has 354 valence electrons. The zero-order valence-electron chi connectivity index (χ0n) is 41.4. The second-order valence-corrected chi connectivity index (χ2v) is 19.2. The largest absolute Gasteiger partial charge is 0.354 e. The van der Waals surface area contributed by atoms with Crippen LogP contribution < -0.4 is 10.2 Å². The van der Waals surface area contributed by atoms with Crippen molar-refractivity contribution >= 4 is 28.4 Å². The molecule has 0 aliphatic heterocycles. The van der Waals surface area contributed by atoms with Gasteiger partial charge in [0.25, 0.3) is 0 Å². The third-order valence-electron chi connectivity index (χ3n) is 14.9. The Morgan fingerprint density at radius 2 is 0.627 bits per heavy atom. The van der Waals surface area contributed by atoms with Gasteiger partial charge >= 0.3 is 0 Å². The number of nitrogens with one attached hydrogen (secondary N) is 1. The molecule has 2 nitrogen and oxygen atoms in total. The highest BCUT2D eigenvalue weighted by Crippen LogP contribution is 2.58. The molecule has 0 aromatic heterocycles. The summed E-state index contributed by atoms with van der Waals surface area (Å²) in [5, 5.41) is 4.21. The van der Waals surface area contributed by atoms with Gasteiger partial charge in [-0.25, -0.2) is 0 Å². The SMILES string of the molecule is c1ccc(-c2ccc(N(c3cc(Nc4c(-c5ccccc5)cccc4-c4ccccc4)cc(C4(c5ccccc5)c5ccccc5-c5ccccc54)c3)c3c(-c4ccccc4)cccc3-c3ccccc3)cc2)cc1. The van der Waals surface area contributed by atoms with Crippen molar-refractivity contribution in [1.29, 1.82) is 0 Å². The van der Waals surface area contributed by atoms with E-state index in [1.807, 2.05) is 0 Å². The minimum Gasteiger partial charge on any atom is -0.354 e. The average Bonchev–Trinajstić information content (AvgIpc) is 3.80. The number of rotatable bonds is 12. The minimum absolute atomic E-state index is 0.702. The normalized spacial score (nSPS) is 12.1. The fraction of sp³-hybridized carbons (Fsp3) is 0.0137. The van der Waals surface area contributed by atoms with Crippen molar-refractivity contribution in [3.05, 3.63) is 332 Å². The van der Waals surface area contributed by atoms with Gasteiger partial charge in [-0.2, -0.15) is 0 Å². The Labute approximate surface area is 440 Å². The van der Waals surface area contributed by atoms with E-state index in [1.54, 1.807) is 0 Å². The number of benzene rings is 12. The second kappa shape index (κ2) is 19.7. The fourth-order valence-corrected chi connectivity index (χ4v) is 11.6. The van der Waals surface area contributed by atoms with Crippen LogP contribution in [0.25, 0.3) is 66.8 Å². The number of fused-ring (bicyclic) bond motifs is 3. The summed E-state index contributed by atoms with van der Waals surface area (Å²) < 4.78 is 0. The molecule has 0 fully saturated rings. The molecule has 1 aliphatic rings. The van der Waals surface area contributed by atoms with E-state index < -0.39 is 5.41 Å². The number of para-hydroxylation sites is 2. The van der Waals surface area contributed by atoms with Crippen LogP contribution in [0.1, 0.15) is 22.3 Å². The van der Waals surface area contributed by atoms with Gasteiger partial charge in [0.1, 0.15) is 0 Å². The maximum atomic E-state index is 4.21. The highest BCUT2D eigenvalue weighted by Gasteiger charge is 2.46. The topological polar surface area (TPSA) is 15.3 Å². The summed E-state index contributed by atoms with van der Waals surface area (Å²) in [5.41, 5.74) is 23.1. The van der Waals surface area contributed by atoms with E-state index >= 15 is 0 Å². The zero-order chi connectivity index (χ0) is 50.0. The summed E-state index contributed by atoms with van der Waals surface area (Å²) in [6, 6.07) is 113. The summed E-state index contributed by atoms with van der Waals surface area (Å²) in [7, 11) is 0. The van der Waals surface area contributed by atoms with Crippen LogP contribution >= 0.6 is 0 Å². The molecule has 0 bridgehead atoms. The Hall–Kier alpha value is -9.76. The monoisotopic (exact) mass is 956 g/mol. The summed E-state index contributed by atoms with van der Waals surface area (Å²) in [5.74, 6) is 0. The van der Waals surface area contributed by atoms with Crippen LogP contribution in [-0.2, 0) is 5.41 Å². The molecule has 13 rings (SSSR count). The predicted molar refractivity (Wildman–Crippen MR) is 315 cm³/mol. The molecule has 0 amide bonds. The third kappa shape index (κ3) is 8.20. The van der Waals surface area contributed by atoms with E-state index in [1.165, 1.54) is 33.4 Å². The number of hydrogen-bond acceptors (Lipinski definition) is 2. The van der Waals surface area contributed by atoms with Crippen LogP contribution in [0, 0.1) is 0 Å². The molecular formula is C73H52N2. The van der Waals surface area contributed by atoms with Gasteiger partial charge in [0.05, 0.1) is 16.8 Å². The maximum absolute atomic E-state index is 4.21. The van der Waals surface area contributed by atoms with Crippen molar-refractivity contribution in [2.45, 2.75) is 5.41 Å². The average molecular weight is 957 g/mol. The van der Waals surface area contributed by atoms with Gasteiger partial charge in [-0.05, 0) is 97.1 Å². The molecule has 0 radical (unpaired) electrons. The lowest BCUT2D eigenvalue weighted by Gasteiger charge is -2.36. The van der Waals surface area contributed by atoms with E-state index in [4.69, 9.17) is 0 Å². The standard InChI is InChI=1S/C73H52N2/c1-7-25-52(26-8-1)53-45-47-61(48-46-53)75(72-65(56-31-13-4-14-32-56)41-24-42-66(72)57-33-15-5-16-34-57)62-50-59(73(58-35-17-6-18-36-58)69-43-21-19-37-67(69)68-38-20-22-44-70(68)73)49-60(51-62)74-71-63(54-27-9-2-10-28-54)39-23-40-64(71)55-29-11-3-12-30-55/h1-51,74H. The lowest BCUT2D eigenvalue weighted by molar-refractivity contribution is 0.769. The molecule has 0 heterocycles. The first-order valence-corrected chi connectivity index (χ1v) is 25.8. The molecule has 75 heavy (non-hydrogen) atoms. The first-order chi connectivity index (χ1) is 37.2. The van der Waals surface area contributed by atoms with Crippen LogP contribution in [0.4, 0.5) is 28.4 Å². The summed E-state index contributed by atoms with van der Waals surface area (Å²) in [6.07, 6.45) is 0. The van der Waals surface area contributed by atoms with Crippen LogP contribution in [-0.4, -0.2) is 0 Å². The minimum atomic E-state index is -0.702. The molecular weight excluding hydrogens is 905 g/mol. The zero-order valence-corrected chi connectivity index (χ0v) is 41.4. The quantitative estimate of drug-likeness (QED) is 0.131. The van der Waals surface area contributed by atoms with E-state index in [2.05, 4.69) is 320 Å². The first-order valence-electron chi connectivity index (χ1n) is 25.8. The smallest absolute Gasteiger partial charge is 0.0715 e. The Balaban J connectivity index is 1.15. The Kier molecular flexibility index (Phi) is 11.8. The summed E-state index contributed by atoms with van der Waals surface area (Å²) >= 11 is 0. The van der Waals surface area contributed by atoms with Gasteiger partial charge < -0.3 is 10.2 Å². The predicted octanol–water partition coefficient (Wildman–Crippen LogP) is 19.6. The van der Waals surface area contributed by atoms with Gasteiger partial charge in [0.2, 0.25) is 0 Å². The molecule has 0 saturated carbocycles. The molecule has 0 spiro atoms. The number of nitrogens with zero attached hydrogens (tertiary/aromatic N) is 1. The fourth-order valence-electron chi connectivity index (χ4n) is 11.6. The van der Waals surface area contributed by atoms with Crippen molar-refractivity contribution < 1.29 is 0 Å². The van der Waals surface area contributed by atoms with Crippen LogP contribution in [0.3, 0.4) is 0 Å². The van der Waals surface area contributed by atoms with Gasteiger partial charge in [0.15, 0.2) is 0 Å². The Morgan fingerprint density at radius 3 is 1.11 bits per heavy atom. The summed E-state index contributed by atoms with van der Waals surface area (Å²) in [6.45, 7) is 0. The molecule has 1 aliphatic carbocycles. The summed E-state index contributed by atoms with van der Waals surface area (Å²) in [4.78, 5) is 2.51. The van der Waals surface area contributed by atoms with Crippen molar-refractivity contribution in [3.8, 4) is 66.8 Å². The lowest BCUT2D eigenvalue weighted by atomic mass is 9.67. The first kappa shape index (κ1) is 45.1. The number of hydrogen-bond donors (Lipinski definition) is 1. The molecule has 12 aromatic rings. The van der Waals surface area contributed by atoms with Crippen molar-refractivity contribution in [2.24, 2.45) is 0 Å². The van der Waals surface area contributed by atoms with Crippen LogP contribution in [0.15, 0.2) is 309 Å². The van der Waals surface area contributed by atoms with Crippen molar-refractivity contribution in [3.63, 3.8) is 0 Å². The van der Waals surface area contributed by atoms with Crippen molar-refractivity contribution in [2.75, 3.05) is 10.2 Å². The maximum Gasteiger partial charge on any atom is 0.0715 e. The molecule has 0 unspecified atom stereocenters. The Morgan fingerprint density at radius 1 is 0.253 bits per heavy atom. The highest BCUT2D eigenvalue weighted by molar-refractivity contribution is 6.00. The molecule has 2 heteroatoms. The number of anilines is 5. The molecule has 0 saturated heterocycles. The van der Waals surface area contributed by atoms with Gasteiger partial charge in [-0.3, -0.25) is 0 Å². The van der Waals surface area contributed by atoms with Gasteiger partial charge in [0, 0.05) is 39.3 Å². The van der Waals surface area contributed by atoms with Crippen molar-refractivity contribution in [1.82, 2.24) is 0 Å². The molecule has 12 aromatic carbocycles. The highest BCUT2D eigenvalue weighted by atomic mass is 15.1. The second-order valence-electron chi connectivity index (χ2n) is 19.2. The van der Waals surface area contributed by atoms with E-state index in [-0.39, 0.29) is 0 Å². The third-order valence-corrected chi connectivity index (χ3v) is 14.9. The molecule has 1 N–H and O–H groups in total.